The monoisotopic (exact) mass is 410 g/mol. The van der Waals surface area contributed by atoms with Crippen molar-refractivity contribution in [1.29, 1.82) is 0 Å². The summed E-state index contributed by atoms with van der Waals surface area (Å²) in [6.45, 7) is 2.12. The van der Waals surface area contributed by atoms with Crippen molar-refractivity contribution in [2.45, 2.75) is 26.1 Å². The molecule has 1 aromatic carbocycles. The largest absolute Gasteiger partial charge is 0.501 e. The Morgan fingerprint density at radius 3 is 2.50 bits per heavy atom. The number of carbonyl (C=O) groups excluding carboxylic acids is 1. The fraction of sp³-hybridized carbons (Fsp3) is 0.238. The lowest BCUT2D eigenvalue weighted by Gasteiger charge is -2.30. The molecule has 8 nitrogen and oxygen atoms in total. The summed E-state index contributed by atoms with van der Waals surface area (Å²) in [5.41, 5.74) is -0.779. The fourth-order valence-electron chi connectivity index (χ4n) is 3.61. The molecular formula is C21H19FN4O4. The van der Waals surface area contributed by atoms with E-state index in [0.29, 0.717) is 11.3 Å². The molecule has 0 saturated heterocycles. The third-order valence-corrected chi connectivity index (χ3v) is 5.23. The molecule has 0 fully saturated rings. The second-order valence-corrected chi connectivity index (χ2v) is 7.09. The summed E-state index contributed by atoms with van der Waals surface area (Å²) >= 11 is 0. The zero-order valence-corrected chi connectivity index (χ0v) is 16.2. The summed E-state index contributed by atoms with van der Waals surface area (Å²) in [7, 11) is 0. The van der Waals surface area contributed by atoms with Gasteiger partial charge in [0.05, 0.1) is 11.7 Å². The molecule has 0 saturated carbocycles. The van der Waals surface area contributed by atoms with Crippen LogP contribution in [0.15, 0.2) is 58.3 Å². The summed E-state index contributed by atoms with van der Waals surface area (Å²) in [4.78, 5) is 44.3. The second-order valence-electron chi connectivity index (χ2n) is 7.09. The van der Waals surface area contributed by atoms with E-state index in [2.05, 4.69) is 4.98 Å². The van der Waals surface area contributed by atoms with Crippen LogP contribution in [0.25, 0.3) is 0 Å². The first-order valence-corrected chi connectivity index (χ1v) is 9.41. The first-order valence-electron chi connectivity index (χ1n) is 9.41. The molecule has 1 aliphatic heterocycles. The normalized spacial score (nSPS) is 14.5. The quantitative estimate of drug-likeness (QED) is 0.703. The van der Waals surface area contributed by atoms with Crippen molar-refractivity contribution in [3.63, 3.8) is 0 Å². The Hall–Kier alpha value is -3.75. The maximum atomic E-state index is 13.1. The van der Waals surface area contributed by atoms with Gasteiger partial charge >= 0.3 is 5.69 Å². The highest BCUT2D eigenvalue weighted by Gasteiger charge is 2.32. The summed E-state index contributed by atoms with van der Waals surface area (Å²) in [6.07, 6.45) is 1.55. The maximum Gasteiger partial charge on any atom is 0.332 e. The Bertz CT molecular complexity index is 1220. The highest BCUT2D eigenvalue weighted by Crippen LogP contribution is 2.21. The predicted octanol–water partition coefficient (Wildman–Crippen LogP) is 1.51. The number of pyridine rings is 1. The molecule has 0 spiro atoms. The van der Waals surface area contributed by atoms with Gasteiger partial charge in [-0.3, -0.25) is 19.1 Å². The number of halogens is 1. The van der Waals surface area contributed by atoms with Gasteiger partial charge in [0, 0.05) is 25.8 Å². The van der Waals surface area contributed by atoms with Gasteiger partial charge in [0.1, 0.15) is 5.82 Å². The number of benzene rings is 1. The third-order valence-electron chi connectivity index (χ3n) is 5.23. The van der Waals surface area contributed by atoms with Gasteiger partial charge in [-0.15, -0.1) is 0 Å². The van der Waals surface area contributed by atoms with Crippen LogP contribution >= 0.6 is 0 Å². The Morgan fingerprint density at radius 2 is 1.83 bits per heavy atom. The van der Waals surface area contributed by atoms with Gasteiger partial charge in [0.2, 0.25) is 5.75 Å². The molecule has 1 unspecified atom stereocenters. The molecule has 2 aromatic heterocycles. The molecule has 1 atom stereocenters. The van der Waals surface area contributed by atoms with Crippen molar-refractivity contribution in [2.75, 3.05) is 6.54 Å². The average Bonchev–Trinajstić information content (AvgIpc) is 2.75. The molecule has 4 rings (SSSR count). The maximum absolute atomic E-state index is 13.1. The first kappa shape index (κ1) is 19.6. The first-order chi connectivity index (χ1) is 14.4. The topological polar surface area (TPSA) is 97.4 Å². The van der Waals surface area contributed by atoms with Gasteiger partial charge in [0.25, 0.3) is 11.5 Å². The number of rotatable bonds is 4. The standard InChI is InChI=1S/C21H19FN4O4/c1-13(16-4-2-3-9-23-16)26-20(29)18(27)17-19(28)24(10-11-25(17)21(26)30)12-14-5-7-15(22)8-6-14/h2-9,13,27H,10-12H2,1H3. The van der Waals surface area contributed by atoms with Crippen molar-refractivity contribution < 1.29 is 14.3 Å². The zero-order valence-electron chi connectivity index (χ0n) is 16.2. The Morgan fingerprint density at radius 1 is 1.10 bits per heavy atom. The second kappa shape index (κ2) is 7.58. The Labute approximate surface area is 170 Å². The molecule has 154 valence electrons. The van der Waals surface area contributed by atoms with E-state index < -0.39 is 28.9 Å². The highest BCUT2D eigenvalue weighted by atomic mass is 19.1. The number of nitrogens with zero attached hydrogens (tertiary/aromatic N) is 4. The van der Waals surface area contributed by atoms with Crippen molar-refractivity contribution in [3.05, 3.63) is 92.3 Å². The minimum absolute atomic E-state index is 0.115. The predicted molar refractivity (Wildman–Crippen MR) is 106 cm³/mol. The van der Waals surface area contributed by atoms with E-state index in [9.17, 15) is 23.9 Å². The van der Waals surface area contributed by atoms with E-state index in [4.69, 9.17) is 0 Å². The summed E-state index contributed by atoms with van der Waals surface area (Å²) in [5, 5.41) is 10.5. The van der Waals surface area contributed by atoms with E-state index in [-0.39, 0.29) is 31.1 Å². The molecular weight excluding hydrogens is 391 g/mol. The third kappa shape index (κ3) is 3.28. The van der Waals surface area contributed by atoms with Gasteiger partial charge < -0.3 is 10.0 Å². The minimum atomic E-state index is -0.943. The van der Waals surface area contributed by atoms with Gasteiger partial charge in [-0.1, -0.05) is 18.2 Å². The van der Waals surface area contributed by atoms with E-state index in [0.717, 1.165) is 9.13 Å². The molecule has 1 amide bonds. The molecule has 30 heavy (non-hydrogen) atoms. The lowest BCUT2D eigenvalue weighted by molar-refractivity contribution is 0.0677. The molecule has 0 aliphatic carbocycles. The van der Waals surface area contributed by atoms with E-state index in [1.807, 2.05) is 0 Å². The van der Waals surface area contributed by atoms with Gasteiger partial charge in [-0.05, 0) is 36.8 Å². The molecule has 0 radical (unpaired) electrons. The highest BCUT2D eigenvalue weighted by molar-refractivity contribution is 5.95. The fourth-order valence-corrected chi connectivity index (χ4v) is 3.61. The number of amides is 1. The van der Waals surface area contributed by atoms with Gasteiger partial charge in [-0.25, -0.2) is 13.8 Å². The number of hydrogen-bond acceptors (Lipinski definition) is 5. The van der Waals surface area contributed by atoms with Crippen LogP contribution in [-0.4, -0.2) is 36.6 Å². The van der Waals surface area contributed by atoms with Crippen LogP contribution < -0.4 is 11.2 Å². The van der Waals surface area contributed by atoms with E-state index >= 15 is 0 Å². The lowest BCUT2D eigenvalue weighted by Crippen LogP contribution is -2.50. The van der Waals surface area contributed by atoms with Crippen LogP contribution in [-0.2, 0) is 13.1 Å². The lowest BCUT2D eigenvalue weighted by atomic mass is 10.1. The molecule has 1 N–H and O–H groups in total. The summed E-state index contributed by atoms with van der Waals surface area (Å²) in [6, 6.07) is 10.1. The van der Waals surface area contributed by atoms with Crippen LogP contribution in [0.1, 0.15) is 34.7 Å². The smallest absolute Gasteiger partial charge is 0.332 e. The zero-order chi connectivity index (χ0) is 21.4. The molecule has 3 heterocycles. The number of fused-ring (bicyclic) bond motifs is 1. The molecule has 9 heteroatoms. The van der Waals surface area contributed by atoms with Crippen LogP contribution in [0.4, 0.5) is 4.39 Å². The molecule has 1 aliphatic rings. The average molecular weight is 410 g/mol. The summed E-state index contributed by atoms with van der Waals surface area (Å²) < 4.78 is 15.1. The number of aromatic hydroxyl groups is 1. The van der Waals surface area contributed by atoms with Crippen molar-refractivity contribution in [1.82, 2.24) is 19.0 Å². The van der Waals surface area contributed by atoms with Crippen molar-refractivity contribution in [2.24, 2.45) is 0 Å². The molecule has 3 aromatic rings. The Kier molecular flexibility index (Phi) is 4.94. The van der Waals surface area contributed by atoms with Crippen molar-refractivity contribution in [3.8, 4) is 5.75 Å². The Balaban J connectivity index is 1.73. The molecule has 0 bridgehead atoms. The van der Waals surface area contributed by atoms with Gasteiger partial charge in [-0.2, -0.15) is 0 Å². The van der Waals surface area contributed by atoms with Crippen LogP contribution in [0.3, 0.4) is 0 Å². The number of carbonyl (C=O) groups is 1. The number of aromatic nitrogens is 3. The number of hydrogen-bond donors (Lipinski definition) is 1. The van der Waals surface area contributed by atoms with E-state index in [1.54, 1.807) is 43.5 Å². The SMILES string of the molecule is CC(c1ccccn1)n1c(=O)c(O)c2n(c1=O)CCN(Cc1ccc(F)cc1)C2=O. The summed E-state index contributed by atoms with van der Waals surface area (Å²) in [5.74, 6) is -1.79. The van der Waals surface area contributed by atoms with Crippen LogP contribution in [0.2, 0.25) is 0 Å². The van der Waals surface area contributed by atoms with Crippen LogP contribution in [0.5, 0.6) is 5.75 Å². The van der Waals surface area contributed by atoms with Gasteiger partial charge in [0.15, 0.2) is 5.69 Å². The van der Waals surface area contributed by atoms with E-state index in [1.165, 1.54) is 17.0 Å². The minimum Gasteiger partial charge on any atom is -0.501 e. The van der Waals surface area contributed by atoms with Crippen molar-refractivity contribution >= 4 is 5.91 Å². The van der Waals surface area contributed by atoms with Crippen LogP contribution in [0, 0.1) is 5.82 Å².